The molecule has 2 aliphatic carbocycles. The SMILES string of the molecule is CC/C(=C\NC)[C@@H]1OC(=O)C=C2[C@H](C)[C@H](OC(C)=O)CC3C(C)(C)C(=O)CC[C@]3(C)C(C)CC[C@]21C. The molecule has 6 heteroatoms. The summed E-state index contributed by atoms with van der Waals surface area (Å²) in [7, 11) is 1.86. The van der Waals surface area contributed by atoms with Crippen LogP contribution in [0.25, 0.3) is 0 Å². The number of fused-ring (bicyclic) bond motifs is 2. The van der Waals surface area contributed by atoms with Crippen LogP contribution < -0.4 is 5.32 Å². The maximum atomic E-state index is 13.1. The number of hydrogen-bond acceptors (Lipinski definition) is 6. The second kappa shape index (κ2) is 10.3. The molecule has 2 unspecified atom stereocenters. The van der Waals surface area contributed by atoms with Gasteiger partial charge in [-0.05, 0) is 66.7 Å². The van der Waals surface area contributed by atoms with Crippen molar-refractivity contribution in [2.24, 2.45) is 34.0 Å². The van der Waals surface area contributed by atoms with Crippen molar-refractivity contribution in [1.82, 2.24) is 5.32 Å². The smallest absolute Gasteiger partial charge is 0.331 e. The van der Waals surface area contributed by atoms with Gasteiger partial charge < -0.3 is 14.8 Å². The molecule has 2 fully saturated rings. The predicted molar refractivity (Wildman–Crippen MR) is 141 cm³/mol. The number of esters is 2. The van der Waals surface area contributed by atoms with Gasteiger partial charge in [-0.3, -0.25) is 9.59 Å². The number of ketones is 1. The van der Waals surface area contributed by atoms with E-state index in [1.54, 1.807) is 6.08 Å². The molecule has 0 aromatic heterocycles. The van der Waals surface area contributed by atoms with Crippen LogP contribution in [0.1, 0.15) is 93.9 Å². The van der Waals surface area contributed by atoms with E-state index in [0.717, 1.165) is 36.8 Å². The van der Waals surface area contributed by atoms with Gasteiger partial charge >= 0.3 is 11.9 Å². The zero-order chi connectivity index (χ0) is 27.1. The topological polar surface area (TPSA) is 81.7 Å². The molecule has 202 valence electrons. The Balaban J connectivity index is 2.20. The van der Waals surface area contributed by atoms with Crippen molar-refractivity contribution in [3.8, 4) is 0 Å². The third kappa shape index (κ3) is 4.89. The fraction of sp³-hybridized carbons (Fsp3) is 0.767. The standard InChI is InChI=1S/C30H47NO5/c1-10-21(17-31-9)27-30(8)13-11-18(2)29(7)14-12-25(33)28(5,6)24(29)16-23(35-20(4)32)19(3)22(30)15-26(34)36-27/h15,17-19,23-24,27,31H,10-14,16H2,1-9H3/b21-17+/t18?,19-,23+,24?,27-,29+,30+/m0/s1. The van der Waals surface area contributed by atoms with Crippen LogP contribution in [0.5, 0.6) is 0 Å². The van der Waals surface area contributed by atoms with Crippen molar-refractivity contribution in [1.29, 1.82) is 0 Å². The quantitative estimate of drug-likeness (QED) is 0.494. The maximum Gasteiger partial charge on any atom is 0.331 e. The summed E-state index contributed by atoms with van der Waals surface area (Å²) in [5, 5.41) is 3.13. The molecule has 3 rings (SSSR count). The van der Waals surface area contributed by atoms with Crippen molar-refractivity contribution in [3.63, 3.8) is 0 Å². The molecule has 6 nitrogen and oxygen atoms in total. The molecule has 0 radical (unpaired) electrons. The average molecular weight is 502 g/mol. The summed E-state index contributed by atoms with van der Waals surface area (Å²) in [6.45, 7) is 16.6. The van der Waals surface area contributed by atoms with E-state index in [9.17, 15) is 14.4 Å². The van der Waals surface area contributed by atoms with Gasteiger partial charge in [-0.15, -0.1) is 0 Å². The van der Waals surface area contributed by atoms with Gasteiger partial charge in [0.25, 0.3) is 0 Å². The van der Waals surface area contributed by atoms with E-state index in [4.69, 9.17) is 9.47 Å². The molecule has 1 heterocycles. The molecule has 36 heavy (non-hydrogen) atoms. The van der Waals surface area contributed by atoms with Crippen LogP contribution in [0.3, 0.4) is 0 Å². The maximum absolute atomic E-state index is 13.1. The molecule has 0 amide bonds. The van der Waals surface area contributed by atoms with Crippen molar-refractivity contribution in [2.75, 3.05) is 7.05 Å². The molecule has 0 saturated heterocycles. The van der Waals surface area contributed by atoms with Crippen molar-refractivity contribution in [3.05, 3.63) is 23.4 Å². The molecular weight excluding hydrogens is 454 g/mol. The van der Waals surface area contributed by atoms with Gasteiger partial charge in [0.05, 0.1) is 0 Å². The fourth-order valence-electron chi connectivity index (χ4n) is 7.58. The number of carbonyl (C=O) groups is 3. The van der Waals surface area contributed by atoms with E-state index in [2.05, 4.69) is 53.8 Å². The van der Waals surface area contributed by atoms with Crippen LogP contribution in [0, 0.1) is 34.0 Å². The molecule has 1 N–H and O–H groups in total. The molecular formula is C30H47NO5. The molecule has 0 bridgehead atoms. The highest BCUT2D eigenvalue weighted by Crippen LogP contribution is 2.59. The largest absolute Gasteiger partial charge is 0.462 e. The second-order valence-electron chi connectivity index (χ2n) is 12.5. The summed E-state index contributed by atoms with van der Waals surface area (Å²) < 4.78 is 12.1. The number of cyclic esters (lactones) is 1. The zero-order valence-corrected chi connectivity index (χ0v) is 23.8. The number of nitrogens with one attached hydrogen (secondary N) is 1. The minimum absolute atomic E-state index is 0.0671. The van der Waals surface area contributed by atoms with Crippen molar-refractivity contribution in [2.45, 2.75) is 106 Å². The van der Waals surface area contributed by atoms with Crippen LogP contribution in [-0.4, -0.2) is 37.0 Å². The molecule has 1 aliphatic heterocycles. The highest BCUT2D eigenvalue weighted by Gasteiger charge is 2.56. The third-order valence-electron chi connectivity index (χ3n) is 10.2. The van der Waals surface area contributed by atoms with E-state index in [0.29, 0.717) is 24.5 Å². The first-order valence-electron chi connectivity index (χ1n) is 13.7. The number of rotatable bonds is 4. The van der Waals surface area contributed by atoms with Crippen LogP contribution in [0.4, 0.5) is 0 Å². The highest BCUT2D eigenvalue weighted by molar-refractivity contribution is 5.86. The Morgan fingerprint density at radius 2 is 1.86 bits per heavy atom. The summed E-state index contributed by atoms with van der Waals surface area (Å²) in [5.74, 6) is -0.165. The van der Waals surface area contributed by atoms with Gasteiger partial charge in [-0.1, -0.05) is 48.5 Å². The lowest BCUT2D eigenvalue weighted by Gasteiger charge is -2.56. The first-order valence-corrected chi connectivity index (χ1v) is 13.7. The minimum Gasteiger partial charge on any atom is -0.462 e. The van der Waals surface area contributed by atoms with Gasteiger partial charge in [0.15, 0.2) is 0 Å². The van der Waals surface area contributed by atoms with E-state index < -0.39 is 16.9 Å². The van der Waals surface area contributed by atoms with Gasteiger partial charge in [0, 0.05) is 43.2 Å². The minimum atomic E-state index is -0.505. The molecule has 3 aliphatic rings. The van der Waals surface area contributed by atoms with Crippen LogP contribution >= 0.6 is 0 Å². The average Bonchev–Trinajstić information content (AvgIpc) is 2.81. The Morgan fingerprint density at radius 1 is 1.19 bits per heavy atom. The third-order valence-corrected chi connectivity index (χ3v) is 10.2. The predicted octanol–water partition coefficient (Wildman–Crippen LogP) is 5.76. The lowest BCUT2D eigenvalue weighted by atomic mass is 9.49. The normalized spacial score (nSPS) is 39.2. The van der Waals surface area contributed by atoms with Gasteiger partial charge in [-0.2, -0.15) is 0 Å². The summed E-state index contributed by atoms with van der Waals surface area (Å²) in [5.41, 5.74) is 1.04. The Bertz CT molecular complexity index is 949. The molecule has 0 spiro atoms. The van der Waals surface area contributed by atoms with Gasteiger partial charge in [0.2, 0.25) is 0 Å². The molecule has 2 saturated carbocycles. The summed E-state index contributed by atoms with van der Waals surface area (Å²) >= 11 is 0. The van der Waals surface area contributed by atoms with E-state index in [-0.39, 0.29) is 35.3 Å². The first-order chi connectivity index (χ1) is 16.7. The Labute approximate surface area is 217 Å². The van der Waals surface area contributed by atoms with Crippen LogP contribution in [-0.2, 0) is 23.9 Å². The molecule has 7 atom stereocenters. The number of Topliss-reactive ketones (excluding diaryl/α,β-unsaturated/α-hetero) is 1. The highest BCUT2D eigenvalue weighted by atomic mass is 16.5. The second-order valence-corrected chi connectivity index (χ2v) is 12.5. The Hall–Kier alpha value is -2.11. The number of ether oxygens (including phenoxy) is 2. The van der Waals surface area contributed by atoms with Crippen molar-refractivity contribution >= 4 is 17.7 Å². The summed E-state index contributed by atoms with van der Waals surface area (Å²) in [6.07, 6.45) is 7.37. The first kappa shape index (κ1) is 28.5. The van der Waals surface area contributed by atoms with E-state index >= 15 is 0 Å². The summed E-state index contributed by atoms with van der Waals surface area (Å²) in [4.78, 5) is 38.4. The van der Waals surface area contributed by atoms with Crippen molar-refractivity contribution < 1.29 is 23.9 Å². The van der Waals surface area contributed by atoms with E-state index in [1.807, 2.05) is 13.2 Å². The molecule has 0 aromatic carbocycles. The van der Waals surface area contributed by atoms with E-state index in [1.165, 1.54) is 6.92 Å². The summed E-state index contributed by atoms with van der Waals surface area (Å²) in [6, 6.07) is 0. The number of carbonyl (C=O) groups excluding carboxylic acids is 3. The monoisotopic (exact) mass is 501 g/mol. The number of hydrogen-bond donors (Lipinski definition) is 1. The Morgan fingerprint density at radius 3 is 2.44 bits per heavy atom. The van der Waals surface area contributed by atoms with Crippen LogP contribution in [0.2, 0.25) is 0 Å². The van der Waals surface area contributed by atoms with Gasteiger partial charge in [-0.25, -0.2) is 4.79 Å². The molecule has 0 aromatic rings. The Kier molecular flexibility index (Phi) is 8.17. The fourth-order valence-corrected chi connectivity index (χ4v) is 7.58. The lowest BCUT2D eigenvalue weighted by molar-refractivity contribution is -0.159. The lowest BCUT2D eigenvalue weighted by Crippen LogP contribution is -2.54. The van der Waals surface area contributed by atoms with Gasteiger partial charge in [0.1, 0.15) is 18.0 Å². The zero-order valence-electron chi connectivity index (χ0n) is 23.8. The van der Waals surface area contributed by atoms with Crippen LogP contribution in [0.15, 0.2) is 23.4 Å².